The van der Waals surface area contributed by atoms with Crippen molar-refractivity contribution >= 4 is 51.2 Å². The Morgan fingerprint density at radius 3 is 2.49 bits per heavy atom. The van der Waals surface area contributed by atoms with E-state index in [-0.39, 0.29) is 17.9 Å². The van der Waals surface area contributed by atoms with Crippen LogP contribution in [0.25, 0.3) is 0 Å². The lowest BCUT2D eigenvalue weighted by Crippen LogP contribution is -2.25. The molecule has 3 aromatic rings. The molecule has 35 heavy (non-hydrogen) atoms. The molecule has 5 rings (SSSR count). The minimum Gasteiger partial charge on any atom is -0.490 e. The highest BCUT2D eigenvalue weighted by atomic mass is 127. The van der Waals surface area contributed by atoms with Gasteiger partial charge in [-0.1, -0.05) is 24.3 Å². The Bertz CT molecular complexity index is 1200. The molecular weight excluding hydrogens is 577 g/mol. The molecule has 0 saturated carbocycles. The number of aryl methyl sites for hydroxylation is 1. The molecule has 1 saturated heterocycles. The molecule has 2 aromatic carbocycles. The van der Waals surface area contributed by atoms with Gasteiger partial charge in [0.25, 0.3) is 5.91 Å². The molecule has 1 aliphatic heterocycles. The normalized spacial score (nSPS) is 17.9. The molecule has 1 atom stereocenters. The van der Waals surface area contributed by atoms with Crippen LogP contribution in [0.5, 0.6) is 5.75 Å². The third-order valence-corrected chi connectivity index (χ3v) is 8.01. The zero-order chi connectivity index (χ0) is 24.2. The Balaban J connectivity index is 1.31. The largest absolute Gasteiger partial charge is 0.490 e. The third kappa shape index (κ3) is 5.54. The van der Waals surface area contributed by atoms with Crippen molar-refractivity contribution in [2.45, 2.75) is 44.1 Å². The van der Waals surface area contributed by atoms with Crippen LogP contribution in [0.3, 0.4) is 0 Å². The summed E-state index contributed by atoms with van der Waals surface area (Å²) in [4.78, 5) is 25.8. The minimum absolute atomic E-state index is 0.140. The Hall–Kier alpha value is -2.43. The average Bonchev–Trinajstić information content (AvgIpc) is 3.32. The maximum atomic E-state index is 13.0. The van der Waals surface area contributed by atoms with Crippen molar-refractivity contribution in [3.05, 3.63) is 81.7 Å². The summed E-state index contributed by atoms with van der Waals surface area (Å²) in [6, 6.07) is 15.6. The number of fused-ring (bicyclic) bond motifs is 1. The molecule has 6 nitrogen and oxygen atoms in total. The van der Waals surface area contributed by atoms with Gasteiger partial charge in [0.2, 0.25) is 0 Å². The topological polar surface area (TPSA) is 73.9 Å². The molecule has 0 radical (unpaired) electrons. The number of amides is 1. The predicted molar refractivity (Wildman–Crippen MR) is 144 cm³/mol. The standard InChI is InChI=1S/C27H26INO5S/c28-34-27(31)24-23(20-6-5-17-3-1-2-4-19(17)15-20)16-35-26(24)29-25(30)18-7-9-21(10-8-18)33-22-11-13-32-14-12-22/h1-4,7-10,16,20,22H,5-6,11-15H2,(H,29,30). The second-order valence-corrected chi connectivity index (χ2v) is 10.2. The first-order valence-electron chi connectivity index (χ1n) is 11.8. The maximum Gasteiger partial charge on any atom is 0.350 e. The van der Waals surface area contributed by atoms with E-state index in [0.717, 1.165) is 43.4 Å². The van der Waals surface area contributed by atoms with Crippen LogP contribution in [-0.2, 0) is 20.6 Å². The van der Waals surface area contributed by atoms with Crippen molar-refractivity contribution < 1.29 is 22.1 Å². The van der Waals surface area contributed by atoms with Gasteiger partial charge in [0.1, 0.15) is 16.9 Å². The molecule has 1 aromatic heterocycles. The number of halogens is 1. The second kappa shape index (κ2) is 11.1. The minimum atomic E-state index is -0.434. The van der Waals surface area contributed by atoms with E-state index in [0.29, 0.717) is 29.3 Å². The van der Waals surface area contributed by atoms with E-state index in [1.165, 1.54) is 22.5 Å². The van der Waals surface area contributed by atoms with Gasteiger partial charge in [-0.15, -0.1) is 11.3 Å². The predicted octanol–water partition coefficient (Wildman–Crippen LogP) is 6.34. The van der Waals surface area contributed by atoms with Gasteiger partial charge in [-0.25, -0.2) is 4.79 Å². The summed E-state index contributed by atoms with van der Waals surface area (Å²) in [6.45, 7) is 1.42. The fourth-order valence-electron chi connectivity index (χ4n) is 4.82. The van der Waals surface area contributed by atoms with Gasteiger partial charge in [0.15, 0.2) is 23.0 Å². The molecule has 1 N–H and O–H groups in total. The molecule has 8 heteroatoms. The lowest BCUT2D eigenvalue weighted by molar-refractivity contribution is 0.0255. The summed E-state index contributed by atoms with van der Waals surface area (Å²) in [7, 11) is 0. The number of benzene rings is 2. The van der Waals surface area contributed by atoms with Crippen LogP contribution in [0.2, 0.25) is 0 Å². The maximum absolute atomic E-state index is 13.0. The fourth-order valence-corrected chi connectivity index (χ4v) is 6.07. The van der Waals surface area contributed by atoms with Crippen LogP contribution >= 0.6 is 34.3 Å². The number of hydrogen-bond acceptors (Lipinski definition) is 6. The van der Waals surface area contributed by atoms with Gasteiger partial charge >= 0.3 is 5.97 Å². The summed E-state index contributed by atoms with van der Waals surface area (Å²) in [5.41, 5.74) is 4.59. The zero-order valence-electron chi connectivity index (χ0n) is 19.1. The molecule has 1 unspecified atom stereocenters. The third-order valence-electron chi connectivity index (χ3n) is 6.69. The molecule has 1 amide bonds. The number of rotatable bonds is 6. The van der Waals surface area contributed by atoms with Crippen LogP contribution in [0.1, 0.15) is 62.6 Å². The van der Waals surface area contributed by atoms with Crippen molar-refractivity contribution in [3.63, 3.8) is 0 Å². The van der Waals surface area contributed by atoms with Gasteiger partial charge in [0.05, 0.1) is 18.8 Å². The number of nitrogens with one attached hydrogen (secondary N) is 1. The van der Waals surface area contributed by atoms with Crippen molar-refractivity contribution in [2.75, 3.05) is 18.5 Å². The molecule has 2 heterocycles. The molecular formula is C27H26INO5S. The number of anilines is 1. The molecule has 182 valence electrons. The van der Waals surface area contributed by atoms with Gasteiger partial charge in [-0.2, -0.15) is 0 Å². The van der Waals surface area contributed by atoms with E-state index >= 15 is 0 Å². The van der Waals surface area contributed by atoms with Gasteiger partial charge in [0, 0.05) is 18.4 Å². The Kier molecular flexibility index (Phi) is 7.69. The van der Waals surface area contributed by atoms with E-state index in [2.05, 4.69) is 29.6 Å². The molecule has 2 aliphatic rings. The number of carbonyl (C=O) groups is 2. The van der Waals surface area contributed by atoms with Crippen molar-refractivity contribution in [3.8, 4) is 5.75 Å². The van der Waals surface area contributed by atoms with Crippen molar-refractivity contribution in [1.82, 2.24) is 0 Å². The highest BCUT2D eigenvalue weighted by Crippen LogP contribution is 2.40. The highest BCUT2D eigenvalue weighted by Gasteiger charge is 2.29. The van der Waals surface area contributed by atoms with E-state index in [1.54, 1.807) is 35.1 Å². The van der Waals surface area contributed by atoms with Gasteiger partial charge in [-0.05, 0) is 71.5 Å². The Morgan fingerprint density at radius 2 is 1.74 bits per heavy atom. The fraction of sp³-hybridized carbons (Fsp3) is 0.333. The molecule has 0 spiro atoms. The summed E-state index contributed by atoms with van der Waals surface area (Å²) in [6.07, 6.45) is 4.67. The summed E-state index contributed by atoms with van der Waals surface area (Å²) >= 11 is 2.98. The van der Waals surface area contributed by atoms with E-state index in [1.807, 2.05) is 17.5 Å². The first-order valence-corrected chi connectivity index (χ1v) is 13.6. The van der Waals surface area contributed by atoms with Gasteiger partial charge < -0.3 is 17.9 Å². The van der Waals surface area contributed by atoms with E-state index in [9.17, 15) is 9.59 Å². The first kappa shape index (κ1) is 24.3. The lowest BCUT2D eigenvalue weighted by Gasteiger charge is -2.25. The van der Waals surface area contributed by atoms with E-state index < -0.39 is 5.97 Å². The Morgan fingerprint density at radius 1 is 1.00 bits per heavy atom. The van der Waals surface area contributed by atoms with E-state index in [4.69, 9.17) is 12.5 Å². The SMILES string of the molecule is O=C(Nc1scc(C2CCc3ccccc3C2)c1C(=O)OI)c1ccc(OC2CCOCC2)cc1. The van der Waals surface area contributed by atoms with Crippen LogP contribution < -0.4 is 10.1 Å². The van der Waals surface area contributed by atoms with Gasteiger partial charge in [-0.3, -0.25) is 4.79 Å². The van der Waals surface area contributed by atoms with Crippen molar-refractivity contribution in [2.24, 2.45) is 0 Å². The molecule has 1 fully saturated rings. The van der Waals surface area contributed by atoms with Crippen LogP contribution in [0.15, 0.2) is 53.9 Å². The number of carbonyl (C=O) groups excluding carboxylic acids is 2. The molecule has 1 aliphatic carbocycles. The second-order valence-electron chi connectivity index (χ2n) is 8.88. The zero-order valence-corrected chi connectivity index (χ0v) is 22.1. The highest BCUT2D eigenvalue weighted by molar-refractivity contribution is 14.1. The average molecular weight is 603 g/mol. The lowest BCUT2D eigenvalue weighted by atomic mass is 9.80. The number of hydrogen-bond donors (Lipinski definition) is 1. The number of thiophene rings is 1. The summed E-state index contributed by atoms with van der Waals surface area (Å²) in [5, 5.41) is 5.45. The molecule has 0 bridgehead atoms. The van der Waals surface area contributed by atoms with Crippen LogP contribution in [-0.4, -0.2) is 31.2 Å². The summed E-state index contributed by atoms with van der Waals surface area (Å²) in [5.74, 6) is 0.237. The van der Waals surface area contributed by atoms with Crippen LogP contribution in [0, 0.1) is 0 Å². The van der Waals surface area contributed by atoms with Crippen molar-refractivity contribution in [1.29, 1.82) is 0 Å². The quantitative estimate of drug-likeness (QED) is 0.333. The summed E-state index contributed by atoms with van der Waals surface area (Å²) < 4.78 is 16.4. The Labute approximate surface area is 222 Å². The smallest absolute Gasteiger partial charge is 0.350 e. The number of ether oxygens (including phenoxy) is 2. The first-order chi connectivity index (χ1) is 17.1. The van der Waals surface area contributed by atoms with Crippen LogP contribution in [0.4, 0.5) is 5.00 Å². The monoisotopic (exact) mass is 603 g/mol.